The summed E-state index contributed by atoms with van der Waals surface area (Å²) in [6.07, 6.45) is 1.24. The van der Waals surface area contributed by atoms with E-state index in [1.165, 1.54) is 13.0 Å². The maximum Gasteiger partial charge on any atom is 0.335 e. The van der Waals surface area contributed by atoms with Gasteiger partial charge in [-0.1, -0.05) is 0 Å². The van der Waals surface area contributed by atoms with Gasteiger partial charge in [0, 0.05) is 0 Å². The zero-order valence-electron chi connectivity index (χ0n) is 7.74. The van der Waals surface area contributed by atoms with Gasteiger partial charge in [0.05, 0.1) is 11.3 Å². The number of hydrogen-bond donors (Lipinski definition) is 3. The largest absolute Gasteiger partial charge is 0.479 e. The Hall–Kier alpha value is -1.85. The molecule has 0 saturated carbocycles. The highest BCUT2D eigenvalue weighted by atomic mass is 16.4. The summed E-state index contributed by atoms with van der Waals surface area (Å²) < 4.78 is 0. The first-order chi connectivity index (χ1) is 6.38. The van der Waals surface area contributed by atoms with Crippen LogP contribution in [-0.4, -0.2) is 33.4 Å². The number of nitrogens with one attached hydrogen (secondary N) is 1. The second-order valence-electron chi connectivity index (χ2n) is 3.16. The van der Waals surface area contributed by atoms with Crippen LogP contribution in [0.25, 0.3) is 0 Å². The minimum Gasteiger partial charge on any atom is -0.479 e. The maximum absolute atomic E-state index is 10.9. The van der Waals surface area contributed by atoms with Crippen LogP contribution in [0.1, 0.15) is 13.8 Å². The molecule has 0 fully saturated rings. The van der Waals surface area contributed by atoms with E-state index in [0.717, 1.165) is 0 Å². The van der Waals surface area contributed by atoms with Crippen molar-refractivity contribution in [3.05, 3.63) is 11.6 Å². The predicted molar refractivity (Wildman–Crippen MR) is 48.0 cm³/mol. The van der Waals surface area contributed by atoms with Crippen molar-refractivity contribution in [3.63, 3.8) is 0 Å². The maximum atomic E-state index is 10.9. The van der Waals surface area contributed by atoms with Crippen molar-refractivity contribution < 1.29 is 19.8 Å². The zero-order chi connectivity index (χ0) is 10.9. The van der Waals surface area contributed by atoms with Gasteiger partial charge in [-0.05, 0) is 19.9 Å². The lowest BCUT2D eigenvalue weighted by Gasteiger charge is -2.28. The summed E-state index contributed by atoms with van der Waals surface area (Å²) in [5, 5.41) is 21.4. The van der Waals surface area contributed by atoms with Gasteiger partial charge in [0.15, 0.2) is 5.54 Å². The molecular weight excluding hydrogens is 188 g/mol. The Balaban J connectivity index is 3.20. The number of allylic oxidation sites excluding steroid dienone is 1. The van der Waals surface area contributed by atoms with E-state index in [1.54, 1.807) is 6.92 Å². The molecule has 76 valence electrons. The monoisotopic (exact) mass is 198 g/mol. The lowest BCUT2D eigenvalue weighted by molar-refractivity contribution is -0.146. The van der Waals surface area contributed by atoms with Crippen LogP contribution < -0.4 is 5.43 Å². The molecule has 0 bridgehead atoms. The summed E-state index contributed by atoms with van der Waals surface area (Å²) in [6.45, 7) is 2.84. The number of hydrogen-bond acceptors (Lipinski definition) is 4. The molecule has 0 aromatic carbocycles. The third kappa shape index (κ3) is 1.46. The fourth-order valence-electron chi connectivity index (χ4n) is 1.08. The van der Waals surface area contributed by atoms with Gasteiger partial charge in [0.1, 0.15) is 0 Å². The fourth-order valence-corrected chi connectivity index (χ4v) is 1.08. The highest BCUT2D eigenvalue weighted by Crippen LogP contribution is 2.20. The highest BCUT2D eigenvalue weighted by Gasteiger charge is 2.42. The van der Waals surface area contributed by atoms with Gasteiger partial charge >= 0.3 is 11.9 Å². The summed E-state index contributed by atoms with van der Waals surface area (Å²) >= 11 is 0. The van der Waals surface area contributed by atoms with E-state index in [0.29, 0.717) is 5.71 Å². The van der Waals surface area contributed by atoms with Gasteiger partial charge in [0.2, 0.25) is 0 Å². The Labute approximate surface area is 79.9 Å². The molecule has 0 radical (unpaired) electrons. The standard InChI is InChI=1S/C8H10N2O4/c1-4-3-5(6(11)12)8(2,7(13)14)10-9-4/h3,10H,1-2H3,(H,11,12)(H,13,14). The Morgan fingerprint density at radius 3 is 2.50 bits per heavy atom. The quantitative estimate of drug-likeness (QED) is 0.571. The first-order valence-corrected chi connectivity index (χ1v) is 3.88. The average molecular weight is 198 g/mol. The summed E-state index contributed by atoms with van der Waals surface area (Å²) in [5.41, 5.74) is 0.861. The molecule has 1 atom stereocenters. The lowest BCUT2D eigenvalue weighted by atomic mass is 9.90. The molecular formula is C8H10N2O4. The van der Waals surface area contributed by atoms with Crippen LogP contribution in [0.4, 0.5) is 0 Å². The topological polar surface area (TPSA) is 99.0 Å². The molecule has 1 rings (SSSR count). The SMILES string of the molecule is CC1=NNC(C)(C(=O)O)C(C(=O)O)=C1. The molecule has 1 aliphatic heterocycles. The lowest BCUT2D eigenvalue weighted by Crippen LogP contribution is -2.52. The van der Waals surface area contributed by atoms with Crippen LogP contribution in [0.3, 0.4) is 0 Å². The van der Waals surface area contributed by atoms with Gasteiger partial charge in [0.25, 0.3) is 0 Å². The van der Waals surface area contributed by atoms with Crippen LogP contribution >= 0.6 is 0 Å². The predicted octanol–water partition coefficient (Wildman–Crippen LogP) is -0.180. The van der Waals surface area contributed by atoms with Crippen molar-refractivity contribution in [2.75, 3.05) is 0 Å². The van der Waals surface area contributed by atoms with E-state index in [2.05, 4.69) is 10.5 Å². The number of rotatable bonds is 2. The van der Waals surface area contributed by atoms with E-state index in [9.17, 15) is 9.59 Å². The second kappa shape index (κ2) is 3.13. The summed E-state index contributed by atoms with van der Waals surface area (Å²) in [7, 11) is 0. The minimum absolute atomic E-state index is 0.225. The molecule has 1 unspecified atom stereocenters. The molecule has 1 heterocycles. The van der Waals surface area contributed by atoms with E-state index in [-0.39, 0.29) is 5.57 Å². The van der Waals surface area contributed by atoms with E-state index < -0.39 is 17.5 Å². The minimum atomic E-state index is -1.66. The smallest absolute Gasteiger partial charge is 0.335 e. The highest BCUT2D eigenvalue weighted by molar-refractivity contribution is 6.07. The molecule has 1 aliphatic rings. The zero-order valence-corrected chi connectivity index (χ0v) is 7.74. The summed E-state index contributed by atoms with van der Waals surface area (Å²) in [6, 6.07) is 0. The van der Waals surface area contributed by atoms with Crippen molar-refractivity contribution in [3.8, 4) is 0 Å². The number of carbonyl (C=O) groups is 2. The van der Waals surface area contributed by atoms with E-state index >= 15 is 0 Å². The third-order valence-corrected chi connectivity index (χ3v) is 2.01. The fraction of sp³-hybridized carbons (Fsp3) is 0.375. The second-order valence-corrected chi connectivity index (χ2v) is 3.16. The molecule has 0 spiro atoms. The van der Waals surface area contributed by atoms with Gasteiger partial charge < -0.3 is 10.2 Å². The molecule has 0 saturated heterocycles. The number of carboxylic acids is 2. The van der Waals surface area contributed by atoms with Crippen molar-refractivity contribution >= 4 is 17.7 Å². The van der Waals surface area contributed by atoms with Crippen LogP contribution in [0.15, 0.2) is 16.8 Å². The van der Waals surface area contributed by atoms with Crippen LogP contribution in [0.2, 0.25) is 0 Å². The van der Waals surface area contributed by atoms with Crippen LogP contribution in [0.5, 0.6) is 0 Å². The van der Waals surface area contributed by atoms with Gasteiger partial charge in [-0.2, -0.15) is 5.10 Å². The molecule has 0 aromatic rings. The van der Waals surface area contributed by atoms with E-state index in [1.807, 2.05) is 0 Å². The summed E-state index contributed by atoms with van der Waals surface area (Å²) in [4.78, 5) is 21.7. The number of aliphatic carboxylic acids is 2. The number of hydrazone groups is 1. The third-order valence-electron chi connectivity index (χ3n) is 2.01. The molecule has 0 amide bonds. The van der Waals surface area contributed by atoms with Crippen molar-refractivity contribution in [2.45, 2.75) is 19.4 Å². The Morgan fingerprint density at radius 1 is 1.50 bits per heavy atom. The first-order valence-electron chi connectivity index (χ1n) is 3.88. The molecule has 0 aromatic heterocycles. The molecule has 14 heavy (non-hydrogen) atoms. The molecule has 3 N–H and O–H groups in total. The van der Waals surface area contributed by atoms with E-state index in [4.69, 9.17) is 10.2 Å². The summed E-state index contributed by atoms with van der Waals surface area (Å²) in [5.74, 6) is -2.54. The van der Waals surface area contributed by atoms with Crippen LogP contribution in [-0.2, 0) is 9.59 Å². The van der Waals surface area contributed by atoms with Gasteiger partial charge in [-0.3, -0.25) is 5.43 Å². The number of nitrogens with zero attached hydrogens (tertiary/aromatic N) is 1. The van der Waals surface area contributed by atoms with Crippen molar-refractivity contribution in [1.29, 1.82) is 0 Å². The normalized spacial score (nSPS) is 25.9. The van der Waals surface area contributed by atoms with Crippen LogP contribution in [0, 0.1) is 0 Å². The Morgan fingerprint density at radius 2 is 2.07 bits per heavy atom. The number of carboxylic acid groups (broad SMARTS) is 2. The molecule has 0 aliphatic carbocycles. The first kappa shape index (κ1) is 10.2. The van der Waals surface area contributed by atoms with Crippen molar-refractivity contribution in [1.82, 2.24) is 5.43 Å². The average Bonchev–Trinajstić information content (AvgIpc) is 2.08. The molecule has 6 nitrogen and oxygen atoms in total. The van der Waals surface area contributed by atoms with Gasteiger partial charge in [-0.15, -0.1) is 0 Å². The Kier molecular flexibility index (Phi) is 2.29. The molecule has 6 heteroatoms. The Bertz CT molecular complexity index is 358. The van der Waals surface area contributed by atoms with Crippen molar-refractivity contribution in [2.24, 2.45) is 5.10 Å². The van der Waals surface area contributed by atoms with Gasteiger partial charge in [-0.25, -0.2) is 9.59 Å².